The predicted molar refractivity (Wildman–Crippen MR) is 82.2 cm³/mol. The molecule has 114 valence electrons. The molecule has 0 spiro atoms. The van der Waals surface area contributed by atoms with Gasteiger partial charge >= 0.3 is 0 Å². The highest BCUT2D eigenvalue weighted by atomic mass is 16.5. The minimum atomic E-state index is -0.204. The normalized spacial score (nSPS) is 10.9. The summed E-state index contributed by atoms with van der Waals surface area (Å²) in [6, 6.07) is 8.66. The van der Waals surface area contributed by atoms with Gasteiger partial charge in [-0.3, -0.25) is 9.89 Å². The van der Waals surface area contributed by atoms with E-state index in [1.807, 2.05) is 12.1 Å². The number of aromatic amines is 1. The van der Waals surface area contributed by atoms with Gasteiger partial charge in [0.2, 0.25) is 0 Å². The van der Waals surface area contributed by atoms with Gasteiger partial charge in [-0.05, 0) is 12.1 Å². The highest BCUT2D eigenvalue weighted by Gasteiger charge is 2.12. The van der Waals surface area contributed by atoms with Crippen molar-refractivity contribution in [2.75, 3.05) is 14.2 Å². The molecule has 3 rings (SSSR count). The Morgan fingerprint density at radius 3 is 2.73 bits per heavy atom. The van der Waals surface area contributed by atoms with E-state index in [0.717, 1.165) is 11.3 Å². The third kappa shape index (κ3) is 2.31. The van der Waals surface area contributed by atoms with Crippen LogP contribution in [-0.2, 0) is 6.54 Å². The molecular formula is C15H16N4O3. The van der Waals surface area contributed by atoms with E-state index in [9.17, 15) is 4.79 Å². The Kier molecular flexibility index (Phi) is 3.56. The number of ether oxygens (including phenoxy) is 2. The molecule has 0 saturated heterocycles. The van der Waals surface area contributed by atoms with Gasteiger partial charge in [-0.1, -0.05) is 0 Å². The Bertz CT molecular complexity index is 882. The lowest BCUT2D eigenvalue weighted by molar-refractivity contribution is 0.395. The SMILES string of the molecule is COc1ccc(-c2cc3nc(CN)cc(=O)n3[nH]2)c(OC)c1. The maximum atomic E-state index is 12.0. The van der Waals surface area contributed by atoms with Gasteiger partial charge < -0.3 is 15.2 Å². The molecule has 2 heterocycles. The quantitative estimate of drug-likeness (QED) is 0.754. The Morgan fingerprint density at radius 1 is 1.23 bits per heavy atom. The van der Waals surface area contributed by atoms with Gasteiger partial charge in [-0.15, -0.1) is 0 Å². The van der Waals surface area contributed by atoms with Crippen LogP contribution in [0.2, 0.25) is 0 Å². The van der Waals surface area contributed by atoms with Gasteiger partial charge in [0, 0.05) is 30.3 Å². The predicted octanol–water partition coefficient (Wildman–Crippen LogP) is 1.17. The molecule has 7 nitrogen and oxygen atoms in total. The van der Waals surface area contributed by atoms with Crippen molar-refractivity contribution in [3.8, 4) is 22.8 Å². The van der Waals surface area contributed by atoms with Gasteiger partial charge in [0.25, 0.3) is 5.56 Å². The molecule has 0 amide bonds. The van der Waals surface area contributed by atoms with Crippen molar-refractivity contribution in [1.82, 2.24) is 14.6 Å². The van der Waals surface area contributed by atoms with Crippen LogP contribution in [-0.4, -0.2) is 28.8 Å². The van der Waals surface area contributed by atoms with E-state index in [4.69, 9.17) is 15.2 Å². The van der Waals surface area contributed by atoms with Crippen molar-refractivity contribution in [3.63, 3.8) is 0 Å². The van der Waals surface area contributed by atoms with Crippen LogP contribution in [0.25, 0.3) is 16.9 Å². The smallest absolute Gasteiger partial charge is 0.272 e. The summed E-state index contributed by atoms with van der Waals surface area (Å²) in [4.78, 5) is 16.4. The Morgan fingerprint density at radius 2 is 2.05 bits per heavy atom. The molecular weight excluding hydrogens is 284 g/mol. The molecule has 7 heteroatoms. The number of nitrogens with two attached hydrogens (primary N) is 1. The summed E-state index contributed by atoms with van der Waals surface area (Å²) in [5.74, 6) is 1.33. The van der Waals surface area contributed by atoms with E-state index in [1.165, 1.54) is 10.6 Å². The van der Waals surface area contributed by atoms with Crippen LogP contribution < -0.4 is 20.8 Å². The van der Waals surface area contributed by atoms with Gasteiger partial charge in [0.15, 0.2) is 5.65 Å². The highest BCUT2D eigenvalue weighted by Crippen LogP contribution is 2.32. The molecule has 22 heavy (non-hydrogen) atoms. The van der Waals surface area contributed by atoms with E-state index in [0.29, 0.717) is 22.8 Å². The first-order valence-electron chi connectivity index (χ1n) is 6.70. The Labute approximate surface area is 126 Å². The lowest BCUT2D eigenvalue weighted by Crippen LogP contribution is -2.16. The number of aromatic nitrogens is 3. The molecule has 3 N–H and O–H groups in total. The van der Waals surface area contributed by atoms with Crippen LogP contribution >= 0.6 is 0 Å². The third-order valence-electron chi connectivity index (χ3n) is 3.41. The second-order valence-electron chi connectivity index (χ2n) is 4.72. The average Bonchev–Trinajstić information content (AvgIpc) is 2.98. The number of nitrogens with zero attached hydrogens (tertiary/aromatic N) is 2. The molecule has 0 bridgehead atoms. The summed E-state index contributed by atoms with van der Waals surface area (Å²) in [6.07, 6.45) is 0. The summed E-state index contributed by atoms with van der Waals surface area (Å²) in [5, 5.41) is 3.02. The number of fused-ring (bicyclic) bond motifs is 1. The van der Waals surface area contributed by atoms with E-state index >= 15 is 0 Å². The minimum Gasteiger partial charge on any atom is -0.497 e. The first-order valence-corrected chi connectivity index (χ1v) is 6.70. The van der Waals surface area contributed by atoms with Gasteiger partial charge in [-0.25, -0.2) is 9.50 Å². The molecule has 0 unspecified atom stereocenters. The van der Waals surface area contributed by atoms with Crippen LogP contribution in [0.4, 0.5) is 0 Å². The number of hydrogen-bond acceptors (Lipinski definition) is 5. The van der Waals surface area contributed by atoms with Crippen molar-refractivity contribution in [2.24, 2.45) is 5.73 Å². The fourth-order valence-electron chi connectivity index (χ4n) is 2.30. The number of hydrogen-bond donors (Lipinski definition) is 2. The van der Waals surface area contributed by atoms with Crippen molar-refractivity contribution in [1.29, 1.82) is 0 Å². The van der Waals surface area contributed by atoms with E-state index in [-0.39, 0.29) is 12.1 Å². The summed E-state index contributed by atoms with van der Waals surface area (Å²) in [7, 11) is 3.17. The van der Waals surface area contributed by atoms with Gasteiger partial charge in [-0.2, -0.15) is 0 Å². The molecule has 0 aliphatic heterocycles. The lowest BCUT2D eigenvalue weighted by Gasteiger charge is -2.08. The zero-order valence-electron chi connectivity index (χ0n) is 12.3. The third-order valence-corrected chi connectivity index (χ3v) is 3.41. The van der Waals surface area contributed by atoms with Crippen LogP contribution in [0.15, 0.2) is 35.1 Å². The monoisotopic (exact) mass is 300 g/mol. The first-order chi connectivity index (χ1) is 10.7. The molecule has 0 atom stereocenters. The summed E-state index contributed by atoms with van der Waals surface area (Å²) in [5.41, 5.74) is 7.94. The van der Waals surface area contributed by atoms with Crippen LogP contribution in [0.1, 0.15) is 5.69 Å². The molecule has 3 aromatic rings. The molecule has 1 aromatic carbocycles. The Hall–Kier alpha value is -2.80. The molecule has 0 aliphatic rings. The maximum Gasteiger partial charge on any atom is 0.272 e. The highest BCUT2D eigenvalue weighted by molar-refractivity contribution is 5.71. The topological polar surface area (TPSA) is 94.6 Å². The standard InChI is InChI=1S/C15H16N4O3/c1-21-10-3-4-11(13(6-10)22-2)12-7-14-17-9(8-16)5-15(20)19(14)18-12/h3-7,18H,8,16H2,1-2H3. The molecule has 2 aromatic heterocycles. The second-order valence-corrected chi connectivity index (χ2v) is 4.72. The van der Waals surface area contributed by atoms with Gasteiger partial charge in [0.05, 0.1) is 25.6 Å². The van der Waals surface area contributed by atoms with Crippen LogP contribution in [0.5, 0.6) is 11.5 Å². The van der Waals surface area contributed by atoms with Crippen LogP contribution in [0, 0.1) is 0 Å². The lowest BCUT2D eigenvalue weighted by atomic mass is 10.1. The van der Waals surface area contributed by atoms with Crippen molar-refractivity contribution in [2.45, 2.75) is 6.54 Å². The maximum absolute atomic E-state index is 12.0. The zero-order valence-corrected chi connectivity index (χ0v) is 12.3. The number of benzene rings is 1. The van der Waals surface area contributed by atoms with E-state index in [2.05, 4.69) is 10.1 Å². The second kappa shape index (κ2) is 5.53. The Balaban J connectivity index is 2.18. The number of rotatable bonds is 4. The van der Waals surface area contributed by atoms with E-state index < -0.39 is 0 Å². The summed E-state index contributed by atoms with van der Waals surface area (Å²) >= 11 is 0. The molecule has 0 aliphatic carbocycles. The van der Waals surface area contributed by atoms with Crippen molar-refractivity contribution in [3.05, 3.63) is 46.4 Å². The largest absolute Gasteiger partial charge is 0.497 e. The number of H-pyrrole nitrogens is 1. The van der Waals surface area contributed by atoms with Crippen LogP contribution in [0.3, 0.4) is 0 Å². The zero-order chi connectivity index (χ0) is 15.7. The minimum absolute atomic E-state index is 0.204. The fourth-order valence-corrected chi connectivity index (χ4v) is 2.30. The fraction of sp³-hybridized carbons (Fsp3) is 0.200. The average molecular weight is 300 g/mol. The number of nitrogens with one attached hydrogen (secondary N) is 1. The number of methoxy groups -OCH3 is 2. The van der Waals surface area contributed by atoms with Gasteiger partial charge in [0.1, 0.15) is 11.5 Å². The summed E-state index contributed by atoms with van der Waals surface area (Å²) < 4.78 is 11.9. The first kappa shape index (κ1) is 14.2. The molecule has 0 fully saturated rings. The molecule has 0 saturated carbocycles. The van der Waals surface area contributed by atoms with E-state index in [1.54, 1.807) is 26.4 Å². The van der Waals surface area contributed by atoms with Crippen molar-refractivity contribution >= 4 is 5.65 Å². The van der Waals surface area contributed by atoms with Crippen molar-refractivity contribution < 1.29 is 9.47 Å². The summed E-state index contributed by atoms with van der Waals surface area (Å²) in [6.45, 7) is 0.220. The molecule has 0 radical (unpaired) electrons.